The number of alkyl halides is 6. The van der Waals surface area contributed by atoms with Gasteiger partial charge in [-0.15, -0.1) is 0 Å². The van der Waals surface area contributed by atoms with E-state index in [4.69, 9.17) is 4.74 Å². The monoisotopic (exact) mass is 318 g/mol. The molecule has 8 heteroatoms. The highest BCUT2D eigenvalue weighted by Gasteiger charge is 2.37. The maximum atomic E-state index is 12.5. The molecule has 114 valence electrons. The van der Waals surface area contributed by atoms with Crippen LogP contribution in [0.25, 0.3) is 0 Å². The van der Waals surface area contributed by atoms with Gasteiger partial charge in [0.1, 0.15) is 5.75 Å². The van der Waals surface area contributed by atoms with Crippen molar-refractivity contribution in [3.63, 3.8) is 0 Å². The van der Waals surface area contributed by atoms with Gasteiger partial charge in [-0.25, -0.2) is 0 Å². The summed E-state index contributed by atoms with van der Waals surface area (Å²) in [5, 5.41) is 0. The molecule has 1 aromatic rings. The molecule has 0 aliphatic carbocycles. The van der Waals surface area contributed by atoms with E-state index in [1.54, 1.807) is 0 Å². The maximum Gasteiger partial charge on any atom is 0.416 e. The minimum atomic E-state index is -4.86. The Morgan fingerprint density at radius 3 is 1.75 bits per heavy atom. The van der Waals surface area contributed by atoms with Crippen LogP contribution in [0, 0.1) is 0 Å². The lowest BCUT2D eigenvalue weighted by Gasteiger charge is -2.14. The van der Waals surface area contributed by atoms with E-state index in [-0.39, 0.29) is 12.7 Å². The molecule has 0 saturated carbocycles. The Balaban J connectivity index is 2.99. The number of hydrogen-bond acceptors (Lipinski definition) is 2. The van der Waals surface area contributed by atoms with Crippen molar-refractivity contribution in [1.82, 2.24) is 0 Å². The third kappa shape index (κ3) is 5.15. The van der Waals surface area contributed by atoms with Gasteiger partial charge in [-0.3, -0.25) is 0 Å². The van der Waals surface area contributed by atoms with Gasteiger partial charge in [-0.1, -0.05) is 0 Å². The van der Waals surface area contributed by atoms with E-state index >= 15 is 0 Å². The molecule has 0 amide bonds. The van der Waals surface area contributed by atoms with Crippen molar-refractivity contribution in [1.29, 1.82) is 0 Å². The molecule has 1 aromatic carbocycles. The van der Waals surface area contributed by atoms with Gasteiger partial charge < -0.3 is 4.74 Å². The Morgan fingerprint density at radius 2 is 1.35 bits per heavy atom. The van der Waals surface area contributed by atoms with E-state index in [1.807, 2.05) is 0 Å². The topological polar surface area (TPSA) is 9.23 Å². The van der Waals surface area contributed by atoms with Crippen LogP contribution in [-0.4, -0.2) is 12.4 Å². The normalized spacial score (nSPS) is 12.6. The van der Waals surface area contributed by atoms with E-state index in [2.05, 4.69) is 12.6 Å². The first kappa shape index (κ1) is 17.0. The predicted octanol–water partition coefficient (Wildman–Crippen LogP) is 4.81. The van der Waals surface area contributed by atoms with E-state index < -0.39 is 29.2 Å². The minimum Gasteiger partial charge on any atom is -0.494 e. The minimum absolute atomic E-state index is 0.0408. The molecule has 0 aliphatic rings. The Labute approximate surface area is 117 Å². The summed E-state index contributed by atoms with van der Waals surface area (Å²) in [6, 6.07) is 1.20. The number of benzene rings is 1. The first-order valence-corrected chi connectivity index (χ1v) is 6.31. The van der Waals surface area contributed by atoms with Crippen LogP contribution in [0.15, 0.2) is 18.2 Å². The van der Waals surface area contributed by atoms with Crippen LogP contribution >= 0.6 is 12.6 Å². The number of unbranched alkanes of at least 4 members (excludes halogenated alkanes) is 1. The summed E-state index contributed by atoms with van der Waals surface area (Å²) in [5.74, 6) is 0.131. The molecule has 0 radical (unpaired) electrons. The molecule has 0 atom stereocenters. The molecule has 0 aliphatic heterocycles. The van der Waals surface area contributed by atoms with Gasteiger partial charge in [-0.05, 0) is 36.8 Å². The fourth-order valence-corrected chi connectivity index (χ4v) is 1.64. The Hall–Kier alpha value is -1.05. The molecule has 0 bridgehead atoms. The lowest BCUT2D eigenvalue weighted by molar-refractivity contribution is -0.143. The maximum absolute atomic E-state index is 12.5. The van der Waals surface area contributed by atoms with Crippen molar-refractivity contribution >= 4 is 12.6 Å². The van der Waals surface area contributed by atoms with Gasteiger partial charge in [0.15, 0.2) is 0 Å². The third-order valence-corrected chi connectivity index (χ3v) is 2.70. The quantitative estimate of drug-likeness (QED) is 0.465. The molecule has 0 heterocycles. The molecule has 1 nitrogen and oxygen atoms in total. The number of rotatable bonds is 5. The fraction of sp³-hybridized carbons (Fsp3) is 0.500. The first-order valence-electron chi connectivity index (χ1n) is 5.67. The second-order valence-corrected chi connectivity index (χ2v) is 4.47. The van der Waals surface area contributed by atoms with E-state index in [1.165, 1.54) is 0 Å². The number of halogens is 6. The zero-order valence-corrected chi connectivity index (χ0v) is 11.1. The smallest absolute Gasteiger partial charge is 0.416 e. The zero-order chi connectivity index (χ0) is 15.4. The molecular weight excluding hydrogens is 306 g/mol. The van der Waals surface area contributed by atoms with Crippen molar-refractivity contribution in [3.8, 4) is 5.75 Å². The van der Waals surface area contributed by atoms with Crippen LogP contribution in [0.5, 0.6) is 5.75 Å². The summed E-state index contributed by atoms with van der Waals surface area (Å²) in [6.45, 7) is 0.0408. The van der Waals surface area contributed by atoms with E-state index in [0.29, 0.717) is 30.7 Å². The van der Waals surface area contributed by atoms with Gasteiger partial charge >= 0.3 is 12.4 Å². The Kier molecular flexibility index (Phi) is 5.61. The zero-order valence-electron chi connectivity index (χ0n) is 10.2. The van der Waals surface area contributed by atoms with Crippen molar-refractivity contribution in [2.24, 2.45) is 0 Å². The average Bonchev–Trinajstić information content (AvgIpc) is 2.32. The van der Waals surface area contributed by atoms with E-state index in [9.17, 15) is 26.3 Å². The highest BCUT2D eigenvalue weighted by molar-refractivity contribution is 7.80. The standard InChI is InChI=1S/C12H12F6OS/c13-11(14,15)8-5-9(12(16,17)18)7-10(6-8)19-3-1-2-4-20/h5-7,20H,1-4H2. The SMILES string of the molecule is FC(F)(F)c1cc(OCCCCS)cc(C(F)(F)F)c1. The number of hydrogen-bond donors (Lipinski definition) is 1. The van der Waals surface area contributed by atoms with Gasteiger partial charge in [0, 0.05) is 0 Å². The van der Waals surface area contributed by atoms with Crippen LogP contribution in [0.2, 0.25) is 0 Å². The Bertz CT molecular complexity index is 408. The summed E-state index contributed by atoms with van der Waals surface area (Å²) >= 11 is 3.94. The summed E-state index contributed by atoms with van der Waals surface area (Å²) < 4.78 is 80.2. The van der Waals surface area contributed by atoms with Gasteiger partial charge in [-0.2, -0.15) is 39.0 Å². The molecule has 0 N–H and O–H groups in total. The summed E-state index contributed by atoms with van der Waals surface area (Å²) in [4.78, 5) is 0. The molecular formula is C12H12F6OS. The summed E-state index contributed by atoms with van der Waals surface area (Å²) in [6.07, 6.45) is -8.55. The largest absolute Gasteiger partial charge is 0.494 e. The van der Waals surface area contributed by atoms with Crippen LogP contribution in [0.4, 0.5) is 26.3 Å². The van der Waals surface area contributed by atoms with Crippen molar-refractivity contribution < 1.29 is 31.1 Å². The van der Waals surface area contributed by atoms with Gasteiger partial charge in [0.05, 0.1) is 17.7 Å². The number of ether oxygens (including phenoxy) is 1. The lowest BCUT2D eigenvalue weighted by Crippen LogP contribution is -2.11. The van der Waals surface area contributed by atoms with Gasteiger partial charge in [0.2, 0.25) is 0 Å². The molecule has 0 fully saturated rings. The van der Waals surface area contributed by atoms with Crippen molar-refractivity contribution in [2.45, 2.75) is 25.2 Å². The summed E-state index contributed by atoms with van der Waals surface area (Å²) in [7, 11) is 0. The molecule has 0 saturated heterocycles. The molecule has 1 rings (SSSR count). The van der Waals surface area contributed by atoms with Crippen LogP contribution in [0.3, 0.4) is 0 Å². The highest BCUT2D eigenvalue weighted by Crippen LogP contribution is 2.38. The molecule has 0 spiro atoms. The Morgan fingerprint density at radius 1 is 0.850 bits per heavy atom. The highest BCUT2D eigenvalue weighted by atomic mass is 32.1. The predicted molar refractivity (Wildman–Crippen MR) is 65.0 cm³/mol. The van der Waals surface area contributed by atoms with Crippen LogP contribution in [0.1, 0.15) is 24.0 Å². The number of thiol groups is 1. The average molecular weight is 318 g/mol. The second-order valence-electron chi connectivity index (χ2n) is 4.02. The molecule has 20 heavy (non-hydrogen) atoms. The molecule has 0 unspecified atom stereocenters. The van der Waals surface area contributed by atoms with Crippen LogP contribution in [-0.2, 0) is 12.4 Å². The van der Waals surface area contributed by atoms with Gasteiger partial charge in [0.25, 0.3) is 0 Å². The second kappa shape index (κ2) is 6.60. The summed E-state index contributed by atoms with van der Waals surface area (Å²) in [5.41, 5.74) is -2.76. The lowest BCUT2D eigenvalue weighted by atomic mass is 10.1. The fourth-order valence-electron chi connectivity index (χ4n) is 1.41. The third-order valence-electron chi connectivity index (χ3n) is 2.38. The molecule has 0 aromatic heterocycles. The first-order chi connectivity index (χ1) is 9.14. The van der Waals surface area contributed by atoms with Crippen LogP contribution < -0.4 is 4.74 Å². The van der Waals surface area contributed by atoms with E-state index in [0.717, 1.165) is 0 Å². The van der Waals surface area contributed by atoms with Crippen molar-refractivity contribution in [3.05, 3.63) is 29.3 Å². The van der Waals surface area contributed by atoms with Crippen molar-refractivity contribution in [2.75, 3.05) is 12.4 Å².